The Morgan fingerprint density at radius 2 is 1.81 bits per heavy atom. The number of anilines is 1. The van der Waals surface area contributed by atoms with Crippen LogP contribution in [0.25, 0.3) is 0 Å². The fourth-order valence-corrected chi connectivity index (χ4v) is 3.89. The first-order chi connectivity index (χ1) is 13.1. The predicted octanol–water partition coefficient (Wildman–Crippen LogP) is 4.61. The van der Waals surface area contributed by atoms with Crippen LogP contribution >= 0.6 is 23.4 Å². The van der Waals surface area contributed by atoms with Crippen molar-refractivity contribution in [2.75, 3.05) is 37.4 Å². The van der Waals surface area contributed by atoms with Crippen LogP contribution in [0.2, 0.25) is 5.02 Å². The number of hydrogen-bond acceptors (Lipinski definition) is 4. The lowest BCUT2D eigenvalue weighted by atomic mass is 10.2. The smallest absolute Gasteiger partial charge is 0.234 e. The third kappa shape index (κ3) is 6.54. The lowest BCUT2D eigenvalue weighted by molar-refractivity contribution is -0.113. The normalized spacial score (nSPS) is 16.1. The Kier molecular flexibility index (Phi) is 7.59. The molecule has 1 N–H and O–H groups in total. The van der Waals surface area contributed by atoms with Crippen molar-refractivity contribution in [3.63, 3.8) is 0 Å². The maximum atomic E-state index is 12.2. The molecule has 2 aromatic carbocycles. The molecule has 0 radical (unpaired) electrons. The fourth-order valence-electron chi connectivity index (χ4n) is 2.94. The Labute approximate surface area is 170 Å². The van der Waals surface area contributed by atoms with Crippen molar-refractivity contribution < 1.29 is 9.53 Å². The summed E-state index contributed by atoms with van der Waals surface area (Å²) in [5.74, 6) is 0.431. The number of hydrogen-bond donors (Lipinski definition) is 1. The first-order valence-corrected chi connectivity index (χ1v) is 10.6. The van der Waals surface area contributed by atoms with Crippen molar-refractivity contribution in [3.05, 3.63) is 64.7 Å². The molecule has 1 saturated heterocycles. The first-order valence-electron chi connectivity index (χ1n) is 9.16. The van der Waals surface area contributed by atoms with Crippen LogP contribution in [-0.2, 0) is 16.1 Å². The van der Waals surface area contributed by atoms with Gasteiger partial charge in [-0.25, -0.2) is 0 Å². The Morgan fingerprint density at radius 1 is 1.15 bits per heavy atom. The topological polar surface area (TPSA) is 41.6 Å². The third-order valence-corrected chi connectivity index (χ3v) is 6.00. The van der Waals surface area contributed by atoms with Gasteiger partial charge in [0.25, 0.3) is 0 Å². The first kappa shape index (κ1) is 20.2. The number of carbonyl (C=O) groups is 1. The highest BCUT2D eigenvalue weighted by molar-refractivity contribution is 8.00. The van der Waals surface area contributed by atoms with E-state index in [4.69, 9.17) is 16.3 Å². The number of ether oxygens (including phenoxy) is 1. The maximum absolute atomic E-state index is 12.2. The van der Waals surface area contributed by atoms with Gasteiger partial charge in [-0.2, -0.15) is 0 Å². The zero-order chi connectivity index (χ0) is 19.1. The summed E-state index contributed by atoms with van der Waals surface area (Å²) in [4.78, 5) is 14.6. The van der Waals surface area contributed by atoms with Crippen LogP contribution in [0.15, 0.2) is 48.5 Å². The van der Waals surface area contributed by atoms with E-state index in [1.54, 1.807) is 11.8 Å². The number of thioether (sulfide) groups is 1. The summed E-state index contributed by atoms with van der Waals surface area (Å²) in [5.41, 5.74) is 3.26. The molecule has 0 saturated carbocycles. The van der Waals surface area contributed by atoms with Gasteiger partial charge in [0.1, 0.15) is 0 Å². The molecule has 1 amide bonds. The molecule has 1 aliphatic heterocycles. The maximum Gasteiger partial charge on any atom is 0.234 e. The number of rotatable bonds is 7. The number of carbonyl (C=O) groups excluding carboxylic acids is 1. The van der Waals surface area contributed by atoms with Crippen LogP contribution in [0, 0.1) is 0 Å². The molecule has 6 heteroatoms. The molecular weight excluding hydrogens is 380 g/mol. The van der Waals surface area contributed by atoms with E-state index in [1.165, 1.54) is 11.1 Å². The number of amides is 1. The highest BCUT2D eigenvalue weighted by Gasteiger charge is 2.12. The minimum atomic E-state index is 0.0155. The number of benzene rings is 2. The second-order valence-electron chi connectivity index (χ2n) is 6.64. The Hall–Kier alpha value is -1.53. The Bertz CT molecular complexity index is 731. The molecule has 0 aromatic heterocycles. The van der Waals surface area contributed by atoms with Crippen LogP contribution in [0.5, 0.6) is 0 Å². The number of nitrogens with one attached hydrogen (secondary N) is 1. The summed E-state index contributed by atoms with van der Waals surface area (Å²) >= 11 is 7.54. The summed E-state index contributed by atoms with van der Waals surface area (Å²) in [6.45, 7) is 6.58. The van der Waals surface area contributed by atoms with Gasteiger partial charge in [0.05, 0.1) is 19.0 Å². The van der Waals surface area contributed by atoms with Crippen molar-refractivity contribution >= 4 is 35.0 Å². The molecule has 1 unspecified atom stereocenters. The molecule has 0 bridgehead atoms. The van der Waals surface area contributed by atoms with E-state index in [0.29, 0.717) is 5.75 Å². The minimum Gasteiger partial charge on any atom is -0.379 e. The summed E-state index contributed by atoms with van der Waals surface area (Å²) in [6.07, 6.45) is 0. The van der Waals surface area contributed by atoms with Gasteiger partial charge < -0.3 is 10.1 Å². The molecule has 1 heterocycles. The standard InChI is InChI=1S/C21H25ClN2O2S/c1-16(18-4-6-19(22)7-5-18)27-15-21(25)23-20-8-2-17(3-9-20)14-24-10-12-26-13-11-24/h2-9,16H,10-15H2,1H3,(H,23,25). The largest absolute Gasteiger partial charge is 0.379 e. The second kappa shape index (κ2) is 10.1. The molecule has 1 fully saturated rings. The highest BCUT2D eigenvalue weighted by Crippen LogP contribution is 2.29. The van der Waals surface area contributed by atoms with Crippen LogP contribution in [0.3, 0.4) is 0 Å². The van der Waals surface area contributed by atoms with E-state index in [2.05, 4.69) is 29.3 Å². The van der Waals surface area contributed by atoms with Crippen molar-refractivity contribution in [1.29, 1.82) is 0 Å². The van der Waals surface area contributed by atoms with Crippen molar-refractivity contribution in [3.8, 4) is 0 Å². The average Bonchev–Trinajstić information content (AvgIpc) is 2.69. The van der Waals surface area contributed by atoms with E-state index in [1.807, 2.05) is 36.4 Å². The van der Waals surface area contributed by atoms with Gasteiger partial charge in [-0.15, -0.1) is 11.8 Å². The summed E-state index contributed by atoms with van der Waals surface area (Å²) in [5, 5.41) is 3.94. The molecule has 4 nitrogen and oxygen atoms in total. The molecule has 0 spiro atoms. The Balaban J connectivity index is 1.44. The van der Waals surface area contributed by atoms with E-state index in [0.717, 1.165) is 43.6 Å². The lowest BCUT2D eigenvalue weighted by Crippen LogP contribution is -2.35. The van der Waals surface area contributed by atoms with Gasteiger partial charge in [-0.05, 0) is 42.3 Å². The molecule has 1 atom stereocenters. The van der Waals surface area contributed by atoms with Gasteiger partial charge >= 0.3 is 0 Å². The summed E-state index contributed by atoms with van der Waals surface area (Å²) in [6, 6.07) is 15.9. The summed E-state index contributed by atoms with van der Waals surface area (Å²) in [7, 11) is 0. The van der Waals surface area contributed by atoms with Gasteiger partial charge in [0.15, 0.2) is 0 Å². The average molecular weight is 405 g/mol. The Morgan fingerprint density at radius 3 is 2.48 bits per heavy atom. The molecule has 1 aliphatic rings. The zero-order valence-electron chi connectivity index (χ0n) is 15.5. The summed E-state index contributed by atoms with van der Waals surface area (Å²) < 4.78 is 5.38. The quantitative estimate of drug-likeness (QED) is 0.731. The van der Waals surface area contributed by atoms with E-state index in [9.17, 15) is 4.79 Å². The fraction of sp³-hybridized carbons (Fsp3) is 0.381. The number of halogens is 1. The molecule has 27 heavy (non-hydrogen) atoms. The zero-order valence-corrected chi connectivity index (χ0v) is 17.1. The van der Waals surface area contributed by atoms with Gasteiger partial charge in [0, 0.05) is 35.6 Å². The van der Waals surface area contributed by atoms with E-state index < -0.39 is 0 Å². The van der Waals surface area contributed by atoms with Crippen molar-refractivity contribution in [1.82, 2.24) is 4.90 Å². The van der Waals surface area contributed by atoms with Crippen LogP contribution in [-0.4, -0.2) is 42.9 Å². The van der Waals surface area contributed by atoms with Gasteiger partial charge in [0.2, 0.25) is 5.91 Å². The van der Waals surface area contributed by atoms with Crippen LogP contribution in [0.4, 0.5) is 5.69 Å². The number of nitrogens with zero attached hydrogens (tertiary/aromatic N) is 1. The van der Waals surface area contributed by atoms with Crippen LogP contribution in [0.1, 0.15) is 23.3 Å². The van der Waals surface area contributed by atoms with Crippen LogP contribution < -0.4 is 5.32 Å². The van der Waals surface area contributed by atoms with Gasteiger partial charge in [-0.3, -0.25) is 9.69 Å². The minimum absolute atomic E-state index is 0.0155. The molecular formula is C21H25ClN2O2S. The van der Waals surface area contributed by atoms with E-state index >= 15 is 0 Å². The van der Waals surface area contributed by atoms with Crippen molar-refractivity contribution in [2.45, 2.75) is 18.7 Å². The van der Waals surface area contributed by atoms with E-state index in [-0.39, 0.29) is 11.2 Å². The molecule has 144 valence electrons. The van der Waals surface area contributed by atoms with Crippen molar-refractivity contribution in [2.24, 2.45) is 0 Å². The van der Waals surface area contributed by atoms with Gasteiger partial charge in [-0.1, -0.05) is 35.9 Å². The molecule has 0 aliphatic carbocycles. The molecule has 3 rings (SSSR count). The lowest BCUT2D eigenvalue weighted by Gasteiger charge is -2.26. The third-order valence-electron chi connectivity index (χ3n) is 4.55. The SMILES string of the molecule is CC(SCC(=O)Nc1ccc(CN2CCOCC2)cc1)c1ccc(Cl)cc1. The number of morpholine rings is 1. The molecule has 2 aromatic rings. The second-order valence-corrected chi connectivity index (χ2v) is 8.40. The monoisotopic (exact) mass is 404 g/mol. The highest BCUT2D eigenvalue weighted by atomic mass is 35.5. The predicted molar refractivity (Wildman–Crippen MR) is 113 cm³/mol.